The van der Waals surface area contributed by atoms with Crippen LogP contribution in [0.4, 0.5) is 18.9 Å². The summed E-state index contributed by atoms with van der Waals surface area (Å²) < 4.78 is 43.6. The van der Waals surface area contributed by atoms with Crippen LogP contribution in [0.25, 0.3) is 16.6 Å². The third-order valence-corrected chi connectivity index (χ3v) is 5.92. The normalized spacial score (nSPS) is 13.7. The fourth-order valence-corrected chi connectivity index (χ4v) is 4.16. The number of alkyl halides is 3. The highest BCUT2D eigenvalue weighted by Crippen LogP contribution is 2.41. The monoisotopic (exact) mass is 497 g/mol. The molecule has 11 heteroatoms. The van der Waals surface area contributed by atoms with Crippen LogP contribution in [0, 0.1) is 13.8 Å². The van der Waals surface area contributed by atoms with Gasteiger partial charge in [-0.05, 0) is 62.6 Å². The maximum Gasteiger partial charge on any atom is 0.573 e. The number of hydrogen-bond donors (Lipinski definition) is 1. The SMILES string of the molecule is Cc1ccc(-n2ncc3c(C4CC4)nn(CC(=O)Nc4ccc(OC(F)(F)F)cc4)c(=O)c32)c(C)c1. The molecule has 0 saturated heterocycles. The molecule has 1 amide bonds. The number of hydrogen-bond acceptors (Lipinski definition) is 5. The molecule has 0 atom stereocenters. The summed E-state index contributed by atoms with van der Waals surface area (Å²) in [4.78, 5) is 26.2. The Hall–Kier alpha value is -4.15. The first-order valence-electron chi connectivity index (χ1n) is 11.3. The number of benzene rings is 2. The minimum Gasteiger partial charge on any atom is -0.406 e. The summed E-state index contributed by atoms with van der Waals surface area (Å²) in [7, 11) is 0. The Bertz CT molecular complexity index is 1520. The van der Waals surface area contributed by atoms with Crippen LogP contribution < -0.4 is 15.6 Å². The van der Waals surface area contributed by atoms with Crippen molar-refractivity contribution in [2.45, 2.75) is 45.5 Å². The third kappa shape index (κ3) is 4.81. The van der Waals surface area contributed by atoms with Crippen molar-refractivity contribution in [1.29, 1.82) is 0 Å². The molecule has 2 heterocycles. The second-order valence-electron chi connectivity index (χ2n) is 8.85. The van der Waals surface area contributed by atoms with Crippen LogP contribution in [0.15, 0.2) is 53.5 Å². The van der Waals surface area contributed by atoms with Crippen LogP contribution in [0.2, 0.25) is 0 Å². The fraction of sp³-hybridized carbons (Fsp3) is 0.280. The lowest BCUT2D eigenvalue weighted by Crippen LogP contribution is -2.31. The van der Waals surface area contributed by atoms with E-state index in [-0.39, 0.29) is 18.2 Å². The third-order valence-electron chi connectivity index (χ3n) is 5.92. The summed E-state index contributed by atoms with van der Waals surface area (Å²) in [6, 6.07) is 10.6. The van der Waals surface area contributed by atoms with E-state index < -0.39 is 23.6 Å². The molecule has 8 nitrogen and oxygen atoms in total. The van der Waals surface area contributed by atoms with Gasteiger partial charge in [-0.25, -0.2) is 9.36 Å². The molecule has 1 aliphatic rings. The van der Waals surface area contributed by atoms with Gasteiger partial charge in [0.1, 0.15) is 17.8 Å². The molecule has 1 aliphatic carbocycles. The van der Waals surface area contributed by atoms with Gasteiger partial charge in [-0.3, -0.25) is 9.59 Å². The highest BCUT2D eigenvalue weighted by molar-refractivity contribution is 5.91. The molecule has 2 aromatic heterocycles. The quantitative estimate of drug-likeness (QED) is 0.420. The Balaban J connectivity index is 1.46. The number of aromatic nitrogens is 4. The average molecular weight is 497 g/mol. The van der Waals surface area contributed by atoms with E-state index in [0.29, 0.717) is 10.9 Å². The van der Waals surface area contributed by atoms with E-state index in [2.05, 4.69) is 20.3 Å². The summed E-state index contributed by atoms with van der Waals surface area (Å²) in [6.45, 7) is 3.55. The fourth-order valence-electron chi connectivity index (χ4n) is 4.16. The van der Waals surface area contributed by atoms with Gasteiger partial charge >= 0.3 is 6.36 Å². The summed E-state index contributed by atoms with van der Waals surface area (Å²) in [5, 5.41) is 12.2. The minimum atomic E-state index is -4.81. The van der Waals surface area contributed by atoms with Gasteiger partial charge in [0.2, 0.25) is 5.91 Å². The zero-order chi connectivity index (χ0) is 25.6. The molecule has 4 aromatic rings. The maximum absolute atomic E-state index is 13.5. The van der Waals surface area contributed by atoms with E-state index in [4.69, 9.17) is 0 Å². The van der Waals surface area contributed by atoms with Gasteiger partial charge in [-0.2, -0.15) is 10.2 Å². The molecule has 186 valence electrons. The Morgan fingerprint density at radius 1 is 1.14 bits per heavy atom. The van der Waals surface area contributed by atoms with Crippen molar-refractivity contribution in [3.8, 4) is 11.4 Å². The number of nitrogens with zero attached hydrogens (tertiary/aromatic N) is 4. The Kier molecular flexibility index (Phi) is 5.77. The van der Waals surface area contributed by atoms with Gasteiger partial charge in [0.15, 0.2) is 0 Å². The van der Waals surface area contributed by atoms with Gasteiger partial charge in [0.25, 0.3) is 5.56 Å². The van der Waals surface area contributed by atoms with Crippen molar-refractivity contribution in [3.63, 3.8) is 0 Å². The zero-order valence-corrected chi connectivity index (χ0v) is 19.5. The van der Waals surface area contributed by atoms with Gasteiger partial charge in [0, 0.05) is 17.0 Å². The van der Waals surface area contributed by atoms with E-state index >= 15 is 0 Å². The molecule has 0 bridgehead atoms. The van der Waals surface area contributed by atoms with Gasteiger partial charge in [0.05, 0.1) is 17.6 Å². The topological polar surface area (TPSA) is 91.0 Å². The van der Waals surface area contributed by atoms with Crippen molar-refractivity contribution >= 4 is 22.5 Å². The van der Waals surface area contributed by atoms with Crippen LogP contribution in [-0.4, -0.2) is 31.8 Å². The summed E-state index contributed by atoms with van der Waals surface area (Å²) in [6.07, 6.45) is -1.29. The van der Waals surface area contributed by atoms with Crippen LogP contribution in [-0.2, 0) is 11.3 Å². The first-order valence-corrected chi connectivity index (χ1v) is 11.3. The lowest BCUT2D eigenvalue weighted by molar-refractivity contribution is -0.274. The standard InChI is InChI=1S/C25H22F3N5O3/c1-14-3-10-20(15(2)11-14)33-23-19(12-29-33)22(16-4-5-16)31-32(24(23)35)13-21(34)30-17-6-8-18(9-7-17)36-25(26,27)28/h3,6-12,16H,4-5,13H2,1-2H3,(H,30,34). The number of aryl methyl sites for hydroxylation is 2. The van der Waals surface area contributed by atoms with Crippen molar-refractivity contribution < 1.29 is 22.7 Å². The largest absolute Gasteiger partial charge is 0.573 e. The summed E-state index contributed by atoms with van der Waals surface area (Å²) >= 11 is 0. The molecular weight excluding hydrogens is 475 g/mol. The van der Waals surface area contributed by atoms with Crippen LogP contribution in [0.3, 0.4) is 0 Å². The second kappa shape index (κ2) is 8.81. The van der Waals surface area contributed by atoms with E-state index in [1.165, 1.54) is 12.1 Å². The molecule has 36 heavy (non-hydrogen) atoms. The number of halogens is 3. The summed E-state index contributed by atoms with van der Waals surface area (Å²) in [5.41, 5.74) is 3.66. The molecule has 2 aromatic carbocycles. The average Bonchev–Trinajstić information content (AvgIpc) is 3.54. The second-order valence-corrected chi connectivity index (χ2v) is 8.85. The van der Waals surface area contributed by atoms with E-state index in [1.807, 2.05) is 32.0 Å². The Morgan fingerprint density at radius 2 is 1.86 bits per heavy atom. The predicted octanol–water partition coefficient (Wildman–Crippen LogP) is 4.61. The van der Waals surface area contributed by atoms with E-state index in [0.717, 1.165) is 52.2 Å². The van der Waals surface area contributed by atoms with Gasteiger partial charge in [-0.1, -0.05) is 17.7 Å². The predicted molar refractivity (Wildman–Crippen MR) is 126 cm³/mol. The molecular formula is C25H22F3N5O3. The number of rotatable bonds is 6. The molecule has 1 saturated carbocycles. The first kappa shape index (κ1) is 23.6. The van der Waals surface area contributed by atoms with Crippen LogP contribution in [0.1, 0.15) is 35.6 Å². The number of amides is 1. The molecule has 1 fully saturated rings. The van der Waals surface area contributed by atoms with Crippen molar-refractivity contribution in [2.75, 3.05) is 5.32 Å². The number of nitrogens with one attached hydrogen (secondary N) is 1. The van der Waals surface area contributed by atoms with Gasteiger partial charge in [-0.15, -0.1) is 13.2 Å². The van der Waals surface area contributed by atoms with Crippen molar-refractivity contribution in [1.82, 2.24) is 19.6 Å². The zero-order valence-electron chi connectivity index (χ0n) is 19.5. The smallest absolute Gasteiger partial charge is 0.406 e. The minimum absolute atomic E-state index is 0.195. The highest BCUT2D eigenvalue weighted by Gasteiger charge is 2.31. The number of anilines is 1. The highest BCUT2D eigenvalue weighted by atomic mass is 19.4. The van der Waals surface area contributed by atoms with Crippen LogP contribution >= 0.6 is 0 Å². The Morgan fingerprint density at radius 3 is 2.50 bits per heavy atom. The molecule has 1 N–H and O–H groups in total. The summed E-state index contributed by atoms with van der Waals surface area (Å²) in [5.74, 6) is -0.759. The molecule has 0 radical (unpaired) electrons. The number of carbonyl (C=O) groups excluding carboxylic acids is 1. The van der Waals surface area contributed by atoms with E-state index in [1.54, 1.807) is 10.9 Å². The molecule has 0 unspecified atom stereocenters. The van der Waals surface area contributed by atoms with Crippen molar-refractivity contribution in [2.24, 2.45) is 0 Å². The van der Waals surface area contributed by atoms with E-state index in [9.17, 15) is 22.8 Å². The maximum atomic E-state index is 13.5. The van der Waals surface area contributed by atoms with Crippen LogP contribution in [0.5, 0.6) is 5.75 Å². The number of fused-ring (bicyclic) bond motifs is 1. The molecule has 5 rings (SSSR count). The molecule has 0 aliphatic heterocycles. The molecule has 0 spiro atoms. The number of ether oxygens (including phenoxy) is 1. The Labute approximate surface area is 203 Å². The lowest BCUT2D eigenvalue weighted by atomic mass is 10.1. The number of carbonyl (C=O) groups is 1. The first-order chi connectivity index (χ1) is 17.1. The van der Waals surface area contributed by atoms with Crippen molar-refractivity contribution in [3.05, 3.63) is 75.8 Å². The van der Waals surface area contributed by atoms with Gasteiger partial charge < -0.3 is 10.1 Å². The lowest BCUT2D eigenvalue weighted by Gasteiger charge is -2.12.